The topological polar surface area (TPSA) is 29.5 Å². The third-order valence-electron chi connectivity index (χ3n) is 4.07. The number of halogens is 1. The van der Waals surface area contributed by atoms with E-state index in [1.807, 2.05) is 0 Å². The molecule has 0 bridgehead atoms. The fourth-order valence-corrected chi connectivity index (χ4v) is 2.77. The molecule has 1 aliphatic heterocycles. The van der Waals surface area contributed by atoms with Gasteiger partial charge in [-0.15, -0.1) is 0 Å². The quantitative estimate of drug-likeness (QED) is 0.738. The molecule has 0 aromatic heterocycles. The molecule has 18 heavy (non-hydrogen) atoms. The summed E-state index contributed by atoms with van der Waals surface area (Å²) in [4.78, 5) is 13.0. The number of alkyl halides is 1. The fraction of sp³-hybridized carbons (Fsp3) is 0.846. The monoisotopic (exact) mass is 274 g/mol. The van der Waals surface area contributed by atoms with Crippen molar-refractivity contribution in [2.24, 2.45) is 0 Å². The molecule has 1 aliphatic rings. The van der Waals surface area contributed by atoms with Crippen LogP contribution in [0.4, 0.5) is 4.39 Å². The van der Waals surface area contributed by atoms with Gasteiger partial charge in [-0.3, -0.25) is 4.79 Å². The Hall–Kier alpha value is -0.423. The van der Waals surface area contributed by atoms with Crippen molar-refractivity contribution in [1.29, 1.82) is 0 Å². The molecule has 2 atom stereocenters. The van der Waals surface area contributed by atoms with E-state index >= 15 is 0 Å². The Morgan fingerprint density at radius 1 is 1.50 bits per heavy atom. The molecule has 1 rings (SSSR count). The SMILES string of the molecule is [CH2][C@H]1C[C@@H](F)C(=O)N1CCO[Si](C)(C)C(C)(C)C. The minimum atomic E-state index is -1.79. The molecule has 0 N–H and O–H groups in total. The summed E-state index contributed by atoms with van der Waals surface area (Å²) in [6.45, 7) is 15.6. The summed E-state index contributed by atoms with van der Waals surface area (Å²) in [7, 11) is -1.79. The van der Waals surface area contributed by atoms with Crippen LogP contribution in [-0.2, 0) is 9.22 Å². The van der Waals surface area contributed by atoms with Crippen molar-refractivity contribution in [2.75, 3.05) is 13.2 Å². The number of amides is 1. The summed E-state index contributed by atoms with van der Waals surface area (Å²) in [6, 6.07) is -0.254. The van der Waals surface area contributed by atoms with Gasteiger partial charge in [0.15, 0.2) is 14.5 Å². The van der Waals surface area contributed by atoms with E-state index in [2.05, 4.69) is 40.8 Å². The van der Waals surface area contributed by atoms with Crippen LogP contribution in [0.1, 0.15) is 27.2 Å². The molecule has 3 nitrogen and oxygen atoms in total. The van der Waals surface area contributed by atoms with Crippen molar-refractivity contribution in [1.82, 2.24) is 4.90 Å². The van der Waals surface area contributed by atoms with Crippen molar-refractivity contribution in [3.8, 4) is 0 Å². The summed E-state index contributed by atoms with van der Waals surface area (Å²) in [6.07, 6.45) is -1.17. The molecule has 0 spiro atoms. The van der Waals surface area contributed by atoms with Crippen molar-refractivity contribution in [2.45, 2.75) is 57.5 Å². The Balaban J connectivity index is 2.46. The van der Waals surface area contributed by atoms with E-state index in [9.17, 15) is 9.18 Å². The van der Waals surface area contributed by atoms with E-state index in [1.165, 1.54) is 4.90 Å². The second kappa shape index (κ2) is 5.29. The second-order valence-corrected chi connectivity index (χ2v) is 11.3. The smallest absolute Gasteiger partial charge is 0.257 e. The molecule has 0 aromatic rings. The fourth-order valence-electron chi connectivity index (χ4n) is 1.74. The zero-order valence-electron chi connectivity index (χ0n) is 12.1. The third kappa shape index (κ3) is 3.32. The number of rotatable bonds is 4. The summed E-state index contributed by atoms with van der Waals surface area (Å²) < 4.78 is 19.2. The third-order valence-corrected chi connectivity index (χ3v) is 8.61. The lowest BCUT2D eigenvalue weighted by Crippen LogP contribution is -2.44. The van der Waals surface area contributed by atoms with Gasteiger partial charge < -0.3 is 9.33 Å². The highest BCUT2D eigenvalue weighted by Gasteiger charge is 2.39. The van der Waals surface area contributed by atoms with E-state index < -0.39 is 20.4 Å². The molecule has 0 aromatic carbocycles. The molecule has 1 fully saturated rings. The van der Waals surface area contributed by atoms with Gasteiger partial charge in [0.2, 0.25) is 0 Å². The molecule has 1 saturated heterocycles. The van der Waals surface area contributed by atoms with Gasteiger partial charge in [-0.2, -0.15) is 0 Å². The normalized spacial score (nSPS) is 25.9. The first-order valence-corrected chi connectivity index (χ1v) is 9.38. The zero-order chi connectivity index (χ0) is 14.1. The first-order valence-electron chi connectivity index (χ1n) is 6.48. The molecule has 1 heterocycles. The van der Waals surface area contributed by atoms with Crippen molar-refractivity contribution >= 4 is 14.2 Å². The van der Waals surface area contributed by atoms with Gasteiger partial charge >= 0.3 is 0 Å². The van der Waals surface area contributed by atoms with Crippen molar-refractivity contribution in [3.63, 3.8) is 0 Å². The van der Waals surface area contributed by atoms with Crippen LogP contribution in [0.3, 0.4) is 0 Å². The maximum atomic E-state index is 13.2. The Morgan fingerprint density at radius 2 is 2.06 bits per heavy atom. The van der Waals surface area contributed by atoms with E-state index in [4.69, 9.17) is 4.43 Å². The molecular formula is C13H25FNO2Si. The number of carbonyl (C=O) groups is 1. The first-order chi connectivity index (χ1) is 8.06. The lowest BCUT2D eigenvalue weighted by molar-refractivity contribution is -0.132. The summed E-state index contributed by atoms with van der Waals surface area (Å²) in [5.41, 5.74) is 0. The molecule has 0 aliphatic carbocycles. The van der Waals surface area contributed by atoms with Crippen LogP contribution >= 0.6 is 0 Å². The van der Waals surface area contributed by atoms with Gasteiger partial charge in [-0.05, 0) is 25.1 Å². The number of carbonyl (C=O) groups excluding carboxylic acids is 1. The number of hydrogen-bond acceptors (Lipinski definition) is 2. The minimum absolute atomic E-state index is 0.147. The van der Waals surface area contributed by atoms with Gasteiger partial charge in [-0.1, -0.05) is 20.8 Å². The molecular weight excluding hydrogens is 249 g/mol. The average Bonchev–Trinajstić information content (AvgIpc) is 2.42. The minimum Gasteiger partial charge on any atom is -0.415 e. The van der Waals surface area contributed by atoms with Crippen LogP contribution in [0.2, 0.25) is 18.1 Å². The second-order valence-electron chi connectivity index (χ2n) is 6.50. The van der Waals surface area contributed by atoms with Crippen LogP contribution in [-0.4, -0.2) is 44.5 Å². The highest BCUT2D eigenvalue weighted by molar-refractivity contribution is 6.74. The van der Waals surface area contributed by atoms with E-state index in [0.717, 1.165) is 0 Å². The lowest BCUT2D eigenvalue weighted by atomic mass is 10.2. The van der Waals surface area contributed by atoms with E-state index in [0.29, 0.717) is 13.2 Å². The van der Waals surface area contributed by atoms with E-state index in [-0.39, 0.29) is 17.5 Å². The zero-order valence-corrected chi connectivity index (χ0v) is 13.1. The van der Waals surface area contributed by atoms with Crippen LogP contribution < -0.4 is 0 Å². The van der Waals surface area contributed by atoms with Gasteiger partial charge in [-0.25, -0.2) is 4.39 Å². The predicted molar refractivity (Wildman–Crippen MR) is 73.5 cm³/mol. The Labute approximate surface area is 111 Å². The predicted octanol–water partition coefficient (Wildman–Crippen LogP) is 2.78. The standard InChI is InChI=1S/C13H25FNO2Si/c1-10-9-11(14)12(16)15(10)7-8-17-18(5,6)13(2,3)4/h10-11H,1,7-9H2,2-6H3/t10-,11+/m0/s1. The van der Waals surface area contributed by atoms with Gasteiger partial charge in [0, 0.05) is 19.0 Å². The van der Waals surface area contributed by atoms with Crippen molar-refractivity contribution < 1.29 is 13.6 Å². The van der Waals surface area contributed by atoms with Crippen LogP contribution in [0, 0.1) is 6.92 Å². The van der Waals surface area contributed by atoms with Gasteiger partial charge in [0.05, 0.1) is 6.61 Å². The Bertz CT molecular complexity index is 315. The van der Waals surface area contributed by atoms with Crippen LogP contribution in [0.15, 0.2) is 0 Å². The van der Waals surface area contributed by atoms with Crippen molar-refractivity contribution in [3.05, 3.63) is 6.92 Å². The van der Waals surface area contributed by atoms with Gasteiger partial charge in [0.25, 0.3) is 5.91 Å². The molecule has 105 valence electrons. The maximum Gasteiger partial charge on any atom is 0.257 e. The average molecular weight is 274 g/mol. The largest absolute Gasteiger partial charge is 0.415 e. The Kier molecular flexibility index (Phi) is 4.59. The summed E-state index contributed by atoms with van der Waals surface area (Å²) in [5, 5.41) is 0.147. The molecule has 0 saturated carbocycles. The van der Waals surface area contributed by atoms with Crippen LogP contribution in [0.5, 0.6) is 0 Å². The van der Waals surface area contributed by atoms with E-state index in [1.54, 1.807) is 0 Å². The highest BCUT2D eigenvalue weighted by atomic mass is 28.4. The van der Waals surface area contributed by atoms with Gasteiger partial charge in [0.1, 0.15) is 0 Å². The molecule has 0 unspecified atom stereocenters. The lowest BCUT2D eigenvalue weighted by Gasteiger charge is -2.36. The highest BCUT2D eigenvalue weighted by Crippen LogP contribution is 2.36. The summed E-state index contributed by atoms with van der Waals surface area (Å²) in [5.74, 6) is -0.436. The number of hydrogen-bond donors (Lipinski definition) is 0. The molecule has 5 heteroatoms. The molecule has 1 amide bonds. The van der Waals surface area contributed by atoms with Crippen LogP contribution in [0.25, 0.3) is 0 Å². The molecule has 1 radical (unpaired) electrons. The summed E-state index contributed by atoms with van der Waals surface area (Å²) >= 11 is 0. The number of nitrogens with zero attached hydrogens (tertiary/aromatic N) is 1. The Morgan fingerprint density at radius 3 is 2.44 bits per heavy atom. The first kappa shape index (κ1) is 15.6. The number of likely N-dealkylation sites (tertiary alicyclic amines) is 1. The maximum absolute atomic E-state index is 13.2.